The third kappa shape index (κ3) is 5.78. The molecule has 3 aliphatic rings. The summed E-state index contributed by atoms with van der Waals surface area (Å²) in [5.74, 6) is 1.12. The molecule has 5 aromatic carbocycles. The number of fused-ring (bicyclic) bond motifs is 1. The molecule has 4 atom stereocenters. The van der Waals surface area contributed by atoms with Crippen LogP contribution >= 0.6 is 46.4 Å². The van der Waals surface area contributed by atoms with E-state index in [9.17, 15) is 0 Å². The topological polar surface area (TPSA) is 68.8 Å². The molecule has 0 aliphatic carbocycles. The van der Waals surface area contributed by atoms with Gasteiger partial charge in [-0.25, -0.2) is 4.79 Å². The summed E-state index contributed by atoms with van der Waals surface area (Å²) in [6.45, 7) is 7.74. The molecular weight excluding hydrogens is 786 g/mol. The third-order valence-corrected chi connectivity index (χ3v) is 14.6. The van der Waals surface area contributed by atoms with Crippen LogP contribution in [0.2, 0.25) is 20.1 Å². The Bertz CT molecular complexity index is 2170. The lowest BCUT2D eigenvalue weighted by Crippen LogP contribution is -2.61. The SMILES string of the molecule is COc1ccc(C(C)(c2ccccc2C2CCNC2)C2(C(C)(c3ccc(OC)cc3)c3ccccc3C3CCNC3)OC(=O)c3c(Cl)c(Cl)c(Cl)c(Cl)c32)cc1. The zero-order valence-electron chi connectivity index (χ0n) is 31.8. The Labute approximate surface area is 348 Å². The molecule has 0 bridgehead atoms. The van der Waals surface area contributed by atoms with Crippen molar-refractivity contribution >= 4 is 52.4 Å². The summed E-state index contributed by atoms with van der Waals surface area (Å²) < 4.78 is 18.8. The Morgan fingerprint density at radius 3 is 1.46 bits per heavy atom. The van der Waals surface area contributed by atoms with Crippen LogP contribution in [-0.2, 0) is 21.2 Å². The summed E-state index contributed by atoms with van der Waals surface area (Å²) in [5.41, 5.74) is 2.43. The third-order valence-electron chi connectivity index (χ3n) is 12.8. The van der Waals surface area contributed by atoms with Crippen LogP contribution in [0.4, 0.5) is 0 Å². The van der Waals surface area contributed by atoms with Crippen LogP contribution < -0.4 is 20.1 Å². The van der Waals surface area contributed by atoms with Crippen molar-refractivity contribution in [2.45, 2.75) is 55.0 Å². The molecule has 8 rings (SSSR count). The number of hydrogen-bond acceptors (Lipinski definition) is 6. The first-order valence-corrected chi connectivity index (χ1v) is 20.5. The fourth-order valence-electron chi connectivity index (χ4n) is 10.0. The van der Waals surface area contributed by atoms with Crippen molar-refractivity contribution in [3.8, 4) is 11.5 Å². The van der Waals surface area contributed by atoms with Gasteiger partial charge in [0.15, 0.2) is 5.60 Å². The van der Waals surface area contributed by atoms with Gasteiger partial charge in [-0.15, -0.1) is 0 Å². The molecule has 4 unspecified atom stereocenters. The maximum absolute atomic E-state index is 15.1. The van der Waals surface area contributed by atoms with Gasteiger partial charge in [0, 0.05) is 18.7 Å². The molecule has 6 nitrogen and oxygen atoms in total. The van der Waals surface area contributed by atoms with E-state index in [1.165, 1.54) is 0 Å². The summed E-state index contributed by atoms with van der Waals surface area (Å²) >= 11 is 28.7. The number of methoxy groups -OCH3 is 2. The second-order valence-electron chi connectivity index (χ2n) is 15.3. The molecule has 2 N–H and O–H groups in total. The van der Waals surface area contributed by atoms with Gasteiger partial charge in [0.25, 0.3) is 0 Å². The number of ether oxygens (including phenoxy) is 3. The lowest BCUT2D eigenvalue weighted by molar-refractivity contribution is -0.0811. The zero-order valence-corrected chi connectivity index (χ0v) is 34.8. The van der Waals surface area contributed by atoms with Crippen molar-refractivity contribution in [3.63, 3.8) is 0 Å². The summed E-state index contributed by atoms with van der Waals surface area (Å²) in [6.07, 6.45) is 1.89. The van der Waals surface area contributed by atoms with E-state index in [0.717, 1.165) is 72.4 Å². The van der Waals surface area contributed by atoms with Crippen LogP contribution in [-0.4, -0.2) is 46.4 Å². The van der Waals surface area contributed by atoms with Crippen LogP contribution in [0, 0.1) is 0 Å². The van der Waals surface area contributed by atoms with Gasteiger partial charge in [-0.2, -0.15) is 0 Å². The molecule has 3 heterocycles. The van der Waals surface area contributed by atoms with E-state index < -0.39 is 22.4 Å². The first-order valence-electron chi connectivity index (χ1n) is 19.0. The van der Waals surface area contributed by atoms with Crippen molar-refractivity contribution in [1.29, 1.82) is 0 Å². The standard InChI is InChI=1S/C46H44Cl4N2O4/c1-44(29-13-17-31(54-3)18-14-29,35-11-7-5-9-33(35)27-21-23-51-25-27)46(38-37(43(53)56-46)39(47)41(49)42(50)40(38)48)45(2,30-15-19-32(55-4)20-16-30)36-12-8-6-10-34(36)28-22-24-52-26-28/h5-20,27-28,51-52H,21-26H2,1-4H3. The predicted molar refractivity (Wildman–Crippen MR) is 226 cm³/mol. The van der Waals surface area contributed by atoms with E-state index in [0.29, 0.717) is 17.1 Å². The molecule has 0 saturated carbocycles. The Hall–Kier alpha value is -3.75. The number of halogens is 4. The van der Waals surface area contributed by atoms with E-state index in [1.54, 1.807) is 14.2 Å². The summed E-state index contributed by atoms with van der Waals surface area (Å²) in [5, 5.41) is 7.31. The maximum atomic E-state index is 15.1. The minimum atomic E-state index is -1.67. The molecule has 290 valence electrons. The van der Waals surface area contributed by atoms with E-state index >= 15 is 4.79 Å². The number of cyclic esters (lactones) is 1. The fraction of sp³-hybridized carbons (Fsp3) is 0.326. The number of hydrogen-bond donors (Lipinski definition) is 2. The van der Waals surface area contributed by atoms with Crippen molar-refractivity contribution in [1.82, 2.24) is 10.6 Å². The molecule has 0 amide bonds. The van der Waals surface area contributed by atoms with Crippen molar-refractivity contribution in [2.24, 2.45) is 0 Å². The first-order chi connectivity index (χ1) is 27.0. The van der Waals surface area contributed by atoms with Gasteiger partial charge in [-0.05, 0) is 109 Å². The highest BCUT2D eigenvalue weighted by Crippen LogP contribution is 2.68. The monoisotopic (exact) mass is 828 g/mol. The average Bonchev–Trinajstić information content (AvgIpc) is 4.04. The number of carbonyl (C=O) groups is 1. The van der Waals surface area contributed by atoms with Crippen molar-refractivity contribution < 1.29 is 19.0 Å². The van der Waals surface area contributed by atoms with E-state index in [2.05, 4.69) is 97.3 Å². The molecule has 0 aromatic heterocycles. The van der Waals surface area contributed by atoms with Crippen molar-refractivity contribution in [3.05, 3.63) is 162 Å². The second-order valence-corrected chi connectivity index (χ2v) is 16.8. The highest BCUT2D eigenvalue weighted by molar-refractivity contribution is 6.53. The molecular formula is C46H44Cl4N2O4. The number of nitrogens with one attached hydrogen (secondary N) is 2. The number of esters is 1. The highest BCUT2D eigenvalue weighted by atomic mass is 35.5. The quantitative estimate of drug-likeness (QED) is 0.0830. The fourth-order valence-corrected chi connectivity index (χ4v) is 11.1. The lowest BCUT2D eigenvalue weighted by Gasteiger charge is -2.57. The average molecular weight is 831 g/mol. The largest absolute Gasteiger partial charge is 0.497 e. The van der Waals surface area contributed by atoms with E-state index in [-0.39, 0.29) is 37.5 Å². The Balaban J connectivity index is 1.62. The zero-order chi connectivity index (χ0) is 39.4. The summed E-state index contributed by atoms with van der Waals surface area (Å²) in [4.78, 5) is 15.1. The van der Waals surface area contributed by atoms with Gasteiger partial charge >= 0.3 is 5.97 Å². The molecule has 0 spiro atoms. The second kappa shape index (κ2) is 15.2. The highest BCUT2D eigenvalue weighted by Gasteiger charge is 2.71. The van der Waals surface area contributed by atoms with Crippen LogP contribution in [0.1, 0.15) is 87.8 Å². The molecule has 10 heteroatoms. The normalized spacial score (nSPS) is 22.6. The van der Waals surface area contributed by atoms with Crippen LogP contribution in [0.25, 0.3) is 0 Å². The van der Waals surface area contributed by atoms with E-state index in [4.69, 9.17) is 60.6 Å². The Morgan fingerprint density at radius 2 is 1.05 bits per heavy atom. The van der Waals surface area contributed by atoms with Crippen LogP contribution in [0.5, 0.6) is 11.5 Å². The van der Waals surface area contributed by atoms with Crippen LogP contribution in [0.15, 0.2) is 97.1 Å². The number of rotatable bonds is 10. The minimum absolute atomic E-state index is 0.00124. The molecule has 3 aliphatic heterocycles. The van der Waals surface area contributed by atoms with Gasteiger partial charge in [0.05, 0.1) is 50.7 Å². The number of benzene rings is 5. The molecule has 56 heavy (non-hydrogen) atoms. The molecule has 2 fully saturated rings. The van der Waals surface area contributed by atoms with Gasteiger partial charge < -0.3 is 24.8 Å². The van der Waals surface area contributed by atoms with Gasteiger partial charge in [-0.3, -0.25) is 0 Å². The minimum Gasteiger partial charge on any atom is -0.497 e. The van der Waals surface area contributed by atoms with Gasteiger partial charge in [0.1, 0.15) is 11.5 Å². The van der Waals surface area contributed by atoms with Gasteiger partial charge in [0.2, 0.25) is 0 Å². The van der Waals surface area contributed by atoms with Crippen molar-refractivity contribution in [2.75, 3.05) is 40.4 Å². The predicted octanol–water partition coefficient (Wildman–Crippen LogP) is 10.8. The Morgan fingerprint density at radius 1 is 0.625 bits per heavy atom. The van der Waals surface area contributed by atoms with E-state index in [1.807, 2.05) is 24.3 Å². The number of carbonyl (C=O) groups excluding carboxylic acids is 1. The lowest BCUT2D eigenvalue weighted by atomic mass is 9.48. The smallest absolute Gasteiger partial charge is 0.341 e. The molecule has 2 saturated heterocycles. The molecule has 0 radical (unpaired) electrons. The molecule has 5 aromatic rings. The maximum Gasteiger partial charge on any atom is 0.341 e. The summed E-state index contributed by atoms with van der Waals surface area (Å²) in [7, 11) is 3.30. The van der Waals surface area contributed by atoms with Gasteiger partial charge in [-0.1, -0.05) is 119 Å². The van der Waals surface area contributed by atoms with Crippen LogP contribution in [0.3, 0.4) is 0 Å². The Kier molecular flexibility index (Phi) is 10.6. The first kappa shape index (κ1) is 39.1. The summed E-state index contributed by atoms with van der Waals surface area (Å²) in [6, 6.07) is 33.0.